The van der Waals surface area contributed by atoms with Gasteiger partial charge in [0.1, 0.15) is 10.7 Å². The molecule has 19 heavy (non-hydrogen) atoms. The molecular formula is C13H24N4OS. The highest BCUT2D eigenvalue weighted by Gasteiger charge is 2.17. The Labute approximate surface area is 119 Å². The van der Waals surface area contributed by atoms with Gasteiger partial charge in [-0.05, 0) is 32.2 Å². The second-order valence-corrected chi connectivity index (χ2v) is 6.01. The molecule has 6 heteroatoms. The third-order valence-corrected chi connectivity index (χ3v) is 4.06. The van der Waals surface area contributed by atoms with Crippen molar-refractivity contribution in [3.63, 3.8) is 0 Å². The van der Waals surface area contributed by atoms with Gasteiger partial charge >= 0.3 is 0 Å². The van der Waals surface area contributed by atoms with Crippen LogP contribution in [0.25, 0.3) is 0 Å². The van der Waals surface area contributed by atoms with Crippen LogP contribution in [0.4, 0.5) is 5.00 Å². The minimum Gasteiger partial charge on any atom is -0.381 e. The van der Waals surface area contributed by atoms with Crippen LogP contribution in [-0.2, 0) is 11.3 Å². The molecule has 0 radical (unpaired) electrons. The van der Waals surface area contributed by atoms with Crippen molar-refractivity contribution in [3.8, 4) is 0 Å². The molecule has 1 saturated heterocycles. The van der Waals surface area contributed by atoms with Crippen molar-refractivity contribution >= 4 is 16.5 Å². The Morgan fingerprint density at radius 2 is 2.42 bits per heavy atom. The number of hydrogen-bond donors (Lipinski definition) is 1. The Morgan fingerprint density at radius 3 is 3.16 bits per heavy atom. The molecule has 0 aromatic carbocycles. The zero-order valence-electron chi connectivity index (χ0n) is 11.9. The van der Waals surface area contributed by atoms with E-state index in [0.717, 1.165) is 50.0 Å². The number of ether oxygens (including phenoxy) is 1. The first kappa shape index (κ1) is 14.7. The van der Waals surface area contributed by atoms with Crippen molar-refractivity contribution in [1.29, 1.82) is 0 Å². The number of hydrogen-bond acceptors (Lipinski definition) is 6. The molecular weight excluding hydrogens is 260 g/mol. The number of nitrogens with one attached hydrogen (secondary N) is 1. The third kappa shape index (κ3) is 4.71. The molecule has 1 aromatic heterocycles. The number of anilines is 1. The van der Waals surface area contributed by atoms with Crippen molar-refractivity contribution in [3.05, 3.63) is 5.69 Å². The average Bonchev–Trinajstić information content (AvgIpc) is 2.84. The van der Waals surface area contributed by atoms with Gasteiger partial charge in [0.05, 0.1) is 6.61 Å². The van der Waals surface area contributed by atoms with Crippen LogP contribution in [0.3, 0.4) is 0 Å². The minimum absolute atomic E-state index is 0.664. The second-order valence-electron chi connectivity index (χ2n) is 5.26. The van der Waals surface area contributed by atoms with E-state index in [0.29, 0.717) is 5.92 Å². The monoisotopic (exact) mass is 284 g/mol. The van der Waals surface area contributed by atoms with Crippen LogP contribution in [0.2, 0.25) is 0 Å². The van der Waals surface area contributed by atoms with Gasteiger partial charge in [0.25, 0.3) is 0 Å². The molecule has 1 aliphatic rings. The van der Waals surface area contributed by atoms with E-state index < -0.39 is 0 Å². The average molecular weight is 284 g/mol. The normalized spacial score (nSPS) is 19.8. The quantitative estimate of drug-likeness (QED) is 0.832. The van der Waals surface area contributed by atoms with E-state index in [9.17, 15) is 0 Å². The zero-order chi connectivity index (χ0) is 13.5. The summed E-state index contributed by atoms with van der Waals surface area (Å²) < 4.78 is 9.58. The molecule has 0 saturated carbocycles. The Balaban J connectivity index is 1.80. The third-order valence-electron chi connectivity index (χ3n) is 3.34. The summed E-state index contributed by atoms with van der Waals surface area (Å²) in [5.41, 5.74) is 1.07. The number of nitrogens with zero attached hydrogens (tertiary/aromatic N) is 3. The van der Waals surface area contributed by atoms with Crippen molar-refractivity contribution < 1.29 is 4.74 Å². The first-order chi connectivity index (χ1) is 9.29. The topological polar surface area (TPSA) is 50.3 Å². The maximum absolute atomic E-state index is 5.53. The van der Waals surface area contributed by atoms with Gasteiger partial charge < -0.3 is 10.1 Å². The molecule has 5 nitrogen and oxygen atoms in total. The lowest BCUT2D eigenvalue weighted by atomic mass is 10.0. The van der Waals surface area contributed by atoms with Gasteiger partial charge in [-0.25, -0.2) is 0 Å². The predicted molar refractivity (Wildman–Crippen MR) is 78.6 cm³/mol. The molecule has 1 fully saturated rings. The molecule has 2 rings (SSSR count). The first-order valence-corrected chi connectivity index (χ1v) is 7.88. The molecule has 0 bridgehead atoms. The summed E-state index contributed by atoms with van der Waals surface area (Å²) in [7, 11) is 2.15. The fraction of sp³-hybridized carbons (Fsp3) is 0.846. The van der Waals surface area contributed by atoms with E-state index >= 15 is 0 Å². The molecule has 1 aliphatic heterocycles. The minimum atomic E-state index is 0.664. The summed E-state index contributed by atoms with van der Waals surface area (Å²) in [5, 5.41) is 8.75. The molecule has 1 atom stereocenters. The van der Waals surface area contributed by atoms with E-state index in [1.54, 1.807) is 0 Å². The number of aromatic nitrogens is 2. The molecule has 2 heterocycles. The number of rotatable bonds is 7. The van der Waals surface area contributed by atoms with E-state index in [-0.39, 0.29) is 0 Å². The van der Waals surface area contributed by atoms with Crippen molar-refractivity contribution in [2.75, 3.05) is 38.7 Å². The van der Waals surface area contributed by atoms with Gasteiger partial charge in [-0.2, -0.15) is 0 Å². The summed E-state index contributed by atoms with van der Waals surface area (Å²) >= 11 is 1.45. The van der Waals surface area contributed by atoms with Crippen LogP contribution < -0.4 is 5.32 Å². The lowest BCUT2D eigenvalue weighted by Gasteiger charge is -2.26. The Morgan fingerprint density at radius 1 is 1.53 bits per heavy atom. The summed E-state index contributed by atoms with van der Waals surface area (Å²) in [5.74, 6) is 0.664. The van der Waals surface area contributed by atoms with Crippen molar-refractivity contribution in [2.45, 2.75) is 32.7 Å². The first-order valence-electron chi connectivity index (χ1n) is 7.11. The summed E-state index contributed by atoms with van der Waals surface area (Å²) in [4.78, 5) is 2.33. The van der Waals surface area contributed by atoms with Crippen LogP contribution in [0.1, 0.15) is 31.9 Å². The van der Waals surface area contributed by atoms with Gasteiger partial charge in [0.15, 0.2) is 0 Å². The lowest BCUT2D eigenvalue weighted by Crippen LogP contribution is -2.30. The van der Waals surface area contributed by atoms with E-state index in [1.165, 1.54) is 24.4 Å². The molecule has 1 N–H and O–H groups in total. The van der Waals surface area contributed by atoms with Gasteiger partial charge in [0, 0.05) is 37.8 Å². The summed E-state index contributed by atoms with van der Waals surface area (Å²) in [6.45, 7) is 6.92. The highest BCUT2D eigenvalue weighted by Crippen LogP contribution is 2.20. The summed E-state index contributed by atoms with van der Waals surface area (Å²) in [6.07, 6.45) is 3.59. The standard InChI is InChI=1S/C13H24N4OS/c1-3-6-14-13-12(15-16-19-13)9-17(2)8-11-5-4-7-18-10-11/h11,14H,3-10H2,1-2H3. The van der Waals surface area contributed by atoms with Crippen LogP contribution >= 0.6 is 11.5 Å². The van der Waals surface area contributed by atoms with Crippen LogP contribution in [0.5, 0.6) is 0 Å². The largest absolute Gasteiger partial charge is 0.381 e. The fourth-order valence-electron chi connectivity index (χ4n) is 2.40. The molecule has 0 aliphatic carbocycles. The van der Waals surface area contributed by atoms with Gasteiger partial charge in [-0.15, -0.1) is 5.10 Å². The van der Waals surface area contributed by atoms with Gasteiger partial charge in [-0.3, -0.25) is 4.90 Å². The van der Waals surface area contributed by atoms with E-state index in [4.69, 9.17) is 4.74 Å². The fourth-order valence-corrected chi connectivity index (χ4v) is 3.00. The van der Waals surface area contributed by atoms with Gasteiger partial charge in [0.2, 0.25) is 0 Å². The van der Waals surface area contributed by atoms with Crippen LogP contribution in [0, 0.1) is 5.92 Å². The zero-order valence-corrected chi connectivity index (χ0v) is 12.7. The highest BCUT2D eigenvalue weighted by atomic mass is 32.1. The molecule has 0 amide bonds. The lowest BCUT2D eigenvalue weighted by molar-refractivity contribution is 0.0410. The maximum Gasteiger partial charge on any atom is 0.134 e. The van der Waals surface area contributed by atoms with E-state index in [2.05, 4.69) is 33.8 Å². The molecule has 1 unspecified atom stereocenters. The Kier molecular flexibility index (Phi) is 6.00. The van der Waals surface area contributed by atoms with Crippen molar-refractivity contribution in [2.24, 2.45) is 5.92 Å². The van der Waals surface area contributed by atoms with Crippen LogP contribution in [-0.4, -0.2) is 47.8 Å². The molecule has 0 spiro atoms. The van der Waals surface area contributed by atoms with Crippen molar-refractivity contribution in [1.82, 2.24) is 14.5 Å². The Hall–Kier alpha value is -0.720. The summed E-state index contributed by atoms with van der Waals surface area (Å²) in [6, 6.07) is 0. The molecule has 108 valence electrons. The predicted octanol–water partition coefficient (Wildman–Crippen LogP) is 2.22. The highest BCUT2D eigenvalue weighted by molar-refractivity contribution is 7.10. The second kappa shape index (κ2) is 7.77. The van der Waals surface area contributed by atoms with E-state index in [1.807, 2.05) is 0 Å². The maximum atomic E-state index is 5.53. The van der Waals surface area contributed by atoms with Crippen LogP contribution in [0.15, 0.2) is 0 Å². The Bertz CT molecular complexity index is 365. The smallest absolute Gasteiger partial charge is 0.134 e. The molecule has 1 aromatic rings. The van der Waals surface area contributed by atoms with Gasteiger partial charge in [-0.1, -0.05) is 11.4 Å². The SMILES string of the molecule is CCCNc1snnc1CN(C)CC1CCCOC1.